The zero-order chi connectivity index (χ0) is 16.8. The van der Waals surface area contributed by atoms with Crippen LogP contribution in [0.5, 0.6) is 23.0 Å². The van der Waals surface area contributed by atoms with Crippen molar-refractivity contribution < 1.29 is 18.1 Å². The van der Waals surface area contributed by atoms with E-state index in [1.807, 2.05) is 78.9 Å². The summed E-state index contributed by atoms with van der Waals surface area (Å²) in [7, 11) is -4.24. The van der Waals surface area contributed by atoms with Crippen molar-refractivity contribution >= 4 is 13.9 Å². The van der Waals surface area contributed by atoms with Crippen molar-refractivity contribution in [3.05, 3.63) is 84.4 Å². The fourth-order valence-electron chi connectivity index (χ4n) is 2.77. The van der Waals surface area contributed by atoms with Gasteiger partial charge in [0.05, 0.1) is 0 Å². The van der Waals surface area contributed by atoms with Crippen LogP contribution in [0.15, 0.2) is 83.6 Å². The first-order valence-electron chi connectivity index (χ1n) is 7.86. The molecule has 2 aliphatic heterocycles. The van der Waals surface area contributed by atoms with Gasteiger partial charge in [0.25, 0.3) is 0 Å². The molecule has 0 bridgehead atoms. The SMILES string of the molecule is C(=NP12(Oc3ccccc3O1)Oc1ccccc1O2)c1ccccc1. The van der Waals surface area contributed by atoms with Crippen LogP contribution in [-0.2, 0) is 0 Å². The second-order valence-electron chi connectivity index (χ2n) is 5.69. The Morgan fingerprint density at radius 1 is 0.560 bits per heavy atom. The van der Waals surface area contributed by atoms with Crippen molar-refractivity contribution in [1.29, 1.82) is 0 Å². The Hall–Kier alpha value is -3.04. The third kappa shape index (κ3) is 2.24. The second-order valence-corrected chi connectivity index (χ2v) is 8.20. The van der Waals surface area contributed by atoms with Gasteiger partial charge in [0.2, 0.25) is 0 Å². The van der Waals surface area contributed by atoms with E-state index in [0.29, 0.717) is 23.0 Å². The number of fused-ring (bicyclic) bond motifs is 2. The van der Waals surface area contributed by atoms with Crippen LogP contribution in [0.2, 0.25) is 0 Å². The van der Waals surface area contributed by atoms with Gasteiger partial charge in [-0.2, -0.15) is 0 Å². The van der Waals surface area contributed by atoms with Crippen molar-refractivity contribution in [1.82, 2.24) is 0 Å². The monoisotopic (exact) mass is 351 g/mol. The Balaban J connectivity index is 1.63. The average Bonchev–Trinajstić information content (AvgIpc) is 3.15. The molecule has 0 saturated heterocycles. The fourth-order valence-corrected chi connectivity index (χ4v) is 5.42. The first-order valence-corrected chi connectivity index (χ1v) is 9.72. The fraction of sp³-hybridized carbons (Fsp3) is 0. The minimum absolute atomic E-state index is 0.554. The van der Waals surface area contributed by atoms with E-state index in [1.165, 1.54) is 0 Å². The standard InChI is InChI=1S/C19H14NO4P/c1-2-8-15(9-3-1)14-20-25(21-16-10-4-5-11-17(16)22-25)23-18-12-6-7-13-19(18)24-25/h1-14H. The predicted molar refractivity (Wildman–Crippen MR) is 96.4 cm³/mol. The van der Waals surface area contributed by atoms with Crippen LogP contribution >= 0.6 is 7.66 Å². The maximum absolute atomic E-state index is 6.11. The van der Waals surface area contributed by atoms with Gasteiger partial charge in [0.15, 0.2) is 0 Å². The molecule has 2 aliphatic rings. The summed E-state index contributed by atoms with van der Waals surface area (Å²) >= 11 is 0. The number of para-hydroxylation sites is 4. The molecule has 3 aromatic carbocycles. The van der Waals surface area contributed by atoms with Gasteiger partial charge >= 0.3 is 144 Å². The molecule has 25 heavy (non-hydrogen) atoms. The molecule has 5 rings (SSSR count). The Morgan fingerprint density at radius 2 is 0.960 bits per heavy atom. The zero-order valence-corrected chi connectivity index (χ0v) is 14.0. The maximum atomic E-state index is 6.11. The molecule has 6 heteroatoms. The average molecular weight is 351 g/mol. The molecule has 0 saturated carbocycles. The van der Waals surface area contributed by atoms with E-state index >= 15 is 0 Å². The Labute approximate surface area is 144 Å². The third-order valence-corrected chi connectivity index (χ3v) is 6.40. The Kier molecular flexibility index (Phi) is 2.85. The van der Waals surface area contributed by atoms with Gasteiger partial charge in [-0.3, -0.25) is 0 Å². The summed E-state index contributed by atoms with van der Waals surface area (Å²) in [5.74, 6) is 2.22. The molecule has 0 unspecified atom stereocenters. The summed E-state index contributed by atoms with van der Waals surface area (Å²) in [6, 6.07) is 24.4. The van der Waals surface area contributed by atoms with E-state index in [9.17, 15) is 0 Å². The van der Waals surface area contributed by atoms with Crippen molar-refractivity contribution in [2.45, 2.75) is 0 Å². The van der Waals surface area contributed by atoms with E-state index in [-0.39, 0.29) is 0 Å². The number of benzene rings is 3. The van der Waals surface area contributed by atoms with E-state index < -0.39 is 7.66 Å². The zero-order valence-electron chi connectivity index (χ0n) is 13.1. The molecule has 2 heterocycles. The summed E-state index contributed by atoms with van der Waals surface area (Å²) in [5.41, 5.74) is 0.896. The van der Waals surface area contributed by atoms with Gasteiger partial charge < -0.3 is 0 Å². The minimum atomic E-state index is -4.24. The van der Waals surface area contributed by atoms with Crippen molar-refractivity contribution in [2.75, 3.05) is 0 Å². The Bertz CT molecular complexity index is 876. The van der Waals surface area contributed by atoms with Crippen LogP contribution in [0.3, 0.4) is 0 Å². The van der Waals surface area contributed by atoms with Crippen molar-refractivity contribution in [3.63, 3.8) is 0 Å². The summed E-state index contributed by atoms with van der Waals surface area (Å²) in [5, 5.41) is 0. The molecule has 124 valence electrons. The van der Waals surface area contributed by atoms with Crippen LogP contribution in [0, 0.1) is 0 Å². The molecule has 0 radical (unpaired) electrons. The quantitative estimate of drug-likeness (QED) is 0.472. The van der Waals surface area contributed by atoms with E-state index in [4.69, 9.17) is 18.1 Å². The molecule has 3 aromatic rings. The van der Waals surface area contributed by atoms with Gasteiger partial charge in [-0.15, -0.1) is 0 Å². The van der Waals surface area contributed by atoms with Gasteiger partial charge in [-0.1, -0.05) is 0 Å². The van der Waals surface area contributed by atoms with Crippen LogP contribution < -0.4 is 18.1 Å². The molecule has 0 N–H and O–H groups in total. The molecular weight excluding hydrogens is 337 g/mol. The molecular formula is C19H14NO4P. The number of hydrogen-bond donors (Lipinski definition) is 0. The number of hydrogen-bond acceptors (Lipinski definition) is 5. The van der Waals surface area contributed by atoms with E-state index in [2.05, 4.69) is 4.76 Å². The van der Waals surface area contributed by atoms with E-state index in [0.717, 1.165) is 5.56 Å². The van der Waals surface area contributed by atoms with Crippen LogP contribution in [-0.4, -0.2) is 6.21 Å². The van der Waals surface area contributed by atoms with Crippen LogP contribution in [0.25, 0.3) is 0 Å². The van der Waals surface area contributed by atoms with Gasteiger partial charge in [-0.05, 0) is 0 Å². The second kappa shape index (κ2) is 4.98. The molecule has 0 amide bonds. The van der Waals surface area contributed by atoms with Crippen LogP contribution in [0.4, 0.5) is 0 Å². The Morgan fingerprint density at radius 3 is 1.40 bits per heavy atom. The summed E-state index contributed by atoms with van der Waals surface area (Å²) in [6.07, 6.45) is 1.66. The van der Waals surface area contributed by atoms with E-state index in [1.54, 1.807) is 6.21 Å². The van der Waals surface area contributed by atoms with Gasteiger partial charge in [-0.25, -0.2) is 0 Å². The number of nitrogens with zero attached hydrogens (tertiary/aromatic N) is 1. The molecule has 5 nitrogen and oxygen atoms in total. The summed E-state index contributed by atoms with van der Waals surface area (Å²) in [6.45, 7) is 0. The van der Waals surface area contributed by atoms with Crippen molar-refractivity contribution in [3.8, 4) is 23.0 Å². The first kappa shape index (κ1) is 14.3. The molecule has 0 atom stereocenters. The topological polar surface area (TPSA) is 49.3 Å². The molecule has 1 spiro atoms. The summed E-state index contributed by atoms with van der Waals surface area (Å²) < 4.78 is 29.1. The molecule has 0 aliphatic carbocycles. The molecule has 0 fully saturated rings. The van der Waals surface area contributed by atoms with Gasteiger partial charge in [0.1, 0.15) is 0 Å². The third-order valence-electron chi connectivity index (χ3n) is 3.90. The van der Waals surface area contributed by atoms with Gasteiger partial charge in [0, 0.05) is 0 Å². The molecule has 0 aromatic heterocycles. The normalized spacial score (nSPS) is 19.6. The number of rotatable bonds is 2. The summed E-state index contributed by atoms with van der Waals surface area (Å²) in [4.78, 5) is 0. The van der Waals surface area contributed by atoms with Crippen LogP contribution in [0.1, 0.15) is 5.56 Å². The predicted octanol–water partition coefficient (Wildman–Crippen LogP) is 5.18. The first-order chi connectivity index (χ1) is 12.2. The van der Waals surface area contributed by atoms with Crippen molar-refractivity contribution in [2.24, 2.45) is 4.76 Å².